The van der Waals surface area contributed by atoms with Gasteiger partial charge in [-0.1, -0.05) is 13.0 Å². The van der Waals surface area contributed by atoms with Crippen LogP contribution in [0.3, 0.4) is 0 Å². The summed E-state index contributed by atoms with van der Waals surface area (Å²) < 4.78 is 0. The number of pyridine rings is 1. The largest absolute Gasteiger partial charge is 0.313 e. The van der Waals surface area contributed by atoms with Crippen molar-refractivity contribution >= 4 is 11.3 Å². The zero-order valence-corrected chi connectivity index (χ0v) is 12.4. The van der Waals surface area contributed by atoms with Crippen molar-refractivity contribution in [3.63, 3.8) is 0 Å². The van der Waals surface area contributed by atoms with E-state index in [9.17, 15) is 0 Å². The fourth-order valence-corrected chi connectivity index (χ4v) is 2.61. The van der Waals surface area contributed by atoms with Gasteiger partial charge >= 0.3 is 0 Å². The van der Waals surface area contributed by atoms with Crippen LogP contribution in [-0.4, -0.2) is 23.5 Å². The molecule has 102 valence electrons. The molecule has 0 amide bonds. The van der Waals surface area contributed by atoms with Crippen molar-refractivity contribution in [1.29, 1.82) is 0 Å². The van der Waals surface area contributed by atoms with E-state index in [0.717, 1.165) is 31.9 Å². The molecular weight excluding hydrogens is 254 g/mol. The number of hydrogen-bond donors (Lipinski definition) is 1. The zero-order chi connectivity index (χ0) is 13.5. The summed E-state index contributed by atoms with van der Waals surface area (Å²) in [4.78, 5) is 6.81. The maximum Gasteiger partial charge on any atom is 0.0544 e. The van der Waals surface area contributed by atoms with Crippen LogP contribution in [0.4, 0.5) is 0 Å². The van der Waals surface area contributed by atoms with Crippen LogP contribution < -0.4 is 5.32 Å². The fraction of sp³-hybridized carbons (Fsp3) is 0.400. The average molecular weight is 275 g/mol. The summed E-state index contributed by atoms with van der Waals surface area (Å²) in [5, 5.41) is 7.63. The second kappa shape index (κ2) is 7.38. The highest BCUT2D eigenvalue weighted by molar-refractivity contribution is 7.07. The van der Waals surface area contributed by atoms with Gasteiger partial charge in [-0.05, 0) is 47.6 Å². The lowest BCUT2D eigenvalue weighted by atomic mass is 10.2. The lowest BCUT2D eigenvalue weighted by molar-refractivity contribution is 0.315. The minimum absolute atomic E-state index is 0.886. The van der Waals surface area contributed by atoms with Crippen molar-refractivity contribution in [3.05, 3.63) is 52.0 Å². The first-order valence-corrected chi connectivity index (χ1v) is 7.56. The first-order chi connectivity index (χ1) is 9.28. The fourth-order valence-electron chi connectivity index (χ4n) is 1.95. The van der Waals surface area contributed by atoms with E-state index in [4.69, 9.17) is 0 Å². The third kappa shape index (κ3) is 4.74. The van der Waals surface area contributed by atoms with E-state index in [1.54, 1.807) is 11.3 Å². The van der Waals surface area contributed by atoms with Crippen molar-refractivity contribution in [2.45, 2.75) is 26.6 Å². The van der Waals surface area contributed by atoms with Gasteiger partial charge in [-0.2, -0.15) is 11.3 Å². The number of thiophene rings is 1. The van der Waals surface area contributed by atoms with Gasteiger partial charge in [0.15, 0.2) is 0 Å². The van der Waals surface area contributed by atoms with Gasteiger partial charge in [0.1, 0.15) is 0 Å². The molecule has 0 unspecified atom stereocenters. The van der Waals surface area contributed by atoms with E-state index >= 15 is 0 Å². The van der Waals surface area contributed by atoms with Crippen LogP contribution in [0.2, 0.25) is 0 Å². The van der Waals surface area contributed by atoms with Gasteiger partial charge in [0.2, 0.25) is 0 Å². The van der Waals surface area contributed by atoms with Crippen molar-refractivity contribution in [3.8, 4) is 0 Å². The van der Waals surface area contributed by atoms with Crippen LogP contribution in [0.5, 0.6) is 0 Å². The van der Waals surface area contributed by atoms with Crippen molar-refractivity contribution in [2.75, 3.05) is 13.6 Å². The van der Waals surface area contributed by atoms with Crippen molar-refractivity contribution in [2.24, 2.45) is 0 Å². The number of rotatable bonds is 7. The van der Waals surface area contributed by atoms with Gasteiger partial charge in [-0.25, -0.2) is 0 Å². The molecular formula is C15H21N3S. The molecule has 0 fully saturated rings. The highest BCUT2D eigenvalue weighted by Gasteiger charge is 2.03. The van der Waals surface area contributed by atoms with E-state index in [1.807, 2.05) is 6.20 Å². The average Bonchev–Trinajstić information content (AvgIpc) is 2.90. The van der Waals surface area contributed by atoms with E-state index in [-0.39, 0.29) is 0 Å². The highest BCUT2D eigenvalue weighted by atomic mass is 32.1. The summed E-state index contributed by atoms with van der Waals surface area (Å²) in [6.45, 7) is 5.86. The lowest BCUT2D eigenvalue weighted by Gasteiger charge is -2.15. The van der Waals surface area contributed by atoms with Gasteiger partial charge in [-0.15, -0.1) is 0 Å². The minimum Gasteiger partial charge on any atom is -0.313 e. The summed E-state index contributed by atoms with van der Waals surface area (Å²) in [6.07, 6.45) is 1.97. The summed E-state index contributed by atoms with van der Waals surface area (Å²) in [5.74, 6) is 0. The number of nitrogens with one attached hydrogen (secondary N) is 1. The Morgan fingerprint density at radius 2 is 2.11 bits per heavy atom. The van der Waals surface area contributed by atoms with E-state index in [0.29, 0.717) is 0 Å². The first kappa shape index (κ1) is 14.2. The zero-order valence-electron chi connectivity index (χ0n) is 11.6. The molecule has 3 nitrogen and oxygen atoms in total. The summed E-state index contributed by atoms with van der Waals surface area (Å²) in [5.41, 5.74) is 3.74. The van der Waals surface area contributed by atoms with E-state index < -0.39 is 0 Å². The third-order valence-corrected chi connectivity index (χ3v) is 3.66. The molecule has 1 N–H and O–H groups in total. The number of hydrogen-bond acceptors (Lipinski definition) is 4. The second-order valence-corrected chi connectivity index (χ2v) is 5.52. The maximum absolute atomic E-state index is 4.52. The van der Waals surface area contributed by atoms with Gasteiger partial charge in [0.25, 0.3) is 0 Å². The Balaban J connectivity index is 1.84. The molecule has 2 aromatic heterocycles. The molecule has 0 atom stereocenters. The summed E-state index contributed by atoms with van der Waals surface area (Å²) in [6, 6.07) is 6.45. The smallest absolute Gasteiger partial charge is 0.0544 e. The molecule has 2 aromatic rings. The summed E-state index contributed by atoms with van der Waals surface area (Å²) in [7, 11) is 2.13. The number of aromatic nitrogens is 1. The molecule has 0 radical (unpaired) electrons. The van der Waals surface area contributed by atoms with Crippen molar-refractivity contribution in [1.82, 2.24) is 15.2 Å². The first-order valence-electron chi connectivity index (χ1n) is 6.62. The van der Waals surface area contributed by atoms with Crippen molar-refractivity contribution < 1.29 is 0 Å². The molecule has 0 aliphatic carbocycles. The SMILES string of the molecule is CCNCc1ccc(CN(C)Cc2ccsc2)nc1. The standard InChI is InChI=1S/C15H21N3S/c1-3-16-8-13-4-5-15(17-9-13)11-18(2)10-14-6-7-19-12-14/h4-7,9,12,16H,3,8,10-11H2,1-2H3. The van der Waals surface area contributed by atoms with Crippen LogP contribution in [0.1, 0.15) is 23.7 Å². The van der Waals surface area contributed by atoms with Gasteiger partial charge in [0.05, 0.1) is 5.69 Å². The Bertz CT molecular complexity index is 465. The van der Waals surface area contributed by atoms with Crippen LogP contribution in [0, 0.1) is 0 Å². The van der Waals surface area contributed by atoms with Crippen LogP contribution in [0.15, 0.2) is 35.2 Å². The molecule has 2 heterocycles. The van der Waals surface area contributed by atoms with Gasteiger partial charge < -0.3 is 5.32 Å². The summed E-state index contributed by atoms with van der Waals surface area (Å²) >= 11 is 1.75. The molecule has 2 rings (SSSR count). The Kier molecular flexibility index (Phi) is 5.51. The second-order valence-electron chi connectivity index (χ2n) is 4.74. The lowest BCUT2D eigenvalue weighted by Crippen LogP contribution is -2.18. The highest BCUT2D eigenvalue weighted by Crippen LogP contribution is 2.10. The van der Waals surface area contributed by atoms with Gasteiger partial charge in [-0.3, -0.25) is 9.88 Å². The van der Waals surface area contributed by atoms with Crippen LogP contribution >= 0.6 is 11.3 Å². The predicted octanol–water partition coefficient (Wildman–Crippen LogP) is 2.88. The van der Waals surface area contributed by atoms with Gasteiger partial charge in [0, 0.05) is 25.8 Å². The normalized spacial score (nSPS) is 11.1. The van der Waals surface area contributed by atoms with E-state index in [2.05, 4.69) is 58.1 Å². The molecule has 0 saturated heterocycles. The Hall–Kier alpha value is -1.23. The Labute approximate surface area is 119 Å². The predicted molar refractivity (Wildman–Crippen MR) is 81.1 cm³/mol. The molecule has 4 heteroatoms. The topological polar surface area (TPSA) is 28.2 Å². The third-order valence-electron chi connectivity index (χ3n) is 2.93. The molecule has 0 saturated carbocycles. The molecule has 0 aromatic carbocycles. The molecule has 0 bridgehead atoms. The maximum atomic E-state index is 4.52. The minimum atomic E-state index is 0.886. The molecule has 0 spiro atoms. The van der Waals surface area contributed by atoms with Crippen LogP contribution in [-0.2, 0) is 19.6 Å². The molecule has 0 aliphatic rings. The quantitative estimate of drug-likeness (QED) is 0.842. The molecule has 0 aliphatic heterocycles. The van der Waals surface area contributed by atoms with E-state index in [1.165, 1.54) is 11.1 Å². The number of nitrogens with zero attached hydrogens (tertiary/aromatic N) is 2. The monoisotopic (exact) mass is 275 g/mol. The Morgan fingerprint density at radius 1 is 1.21 bits per heavy atom. The molecule has 19 heavy (non-hydrogen) atoms. The van der Waals surface area contributed by atoms with Crippen LogP contribution in [0.25, 0.3) is 0 Å². The Morgan fingerprint density at radius 3 is 2.74 bits per heavy atom.